The second kappa shape index (κ2) is 4.65. The van der Waals surface area contributed by atoms with Crippen LogP contribution < -0.4 is 10.1 Å². The van der Waals surface area contributed by atoms with Gasteiger partial charge in [-0.1, -0.05) is 0 Å². The zero-order valence-corrected chi connectivity index (χ0v) is 10.8. The van der Waals surface area contributed by atoms with Crippen LogP contribution in [0.2, 0.25) is 0 Å². The van der Waals surface area contributed by atoms with E-state index in [9.17, 15) is 4.39 Å². The standard InChI is InChI=1S/C14H20FNO/c1-10-9-13(17-3)11(2)8-12(10)14(15)4-6-16-7-5-14/h8-9,16H,4-7H2,1-3H3. The maximum absolute atomic E-state index is 14.9. The third kappa shape index (κ3) is 2.29. The van der Waals surface area contributed by atoms with Crippen molar-refractivity contribution < 1.29 is 9.13 Å². The van der Waals surface area contributed by atoms with E-state index in [1.165, 1.54) is 0 Å². The molecule has 1 fully saturated rings. The number of piperidine rings is 1. The molecule has 0 unspecified atom stereocenters. The molecule has 2 rings (SSSR count). The van der Waals surface area contributed by atoms with Gasteiger partial charge < -0.3 is 10.1 Å². The Bertz CT molecular complexity index is 411. The number of ether oxygens (including phenoxy) is 1. The molecule has 0 saturated carbocycles. The highest BCUT2D eigenvalue weighted by molar-refractivity contribution is 5.44. The van der Waals surface area contributed by atoms with E-state index in [-0.39, 0.29) is 0 Å². The van der Waals surface area contributed by atoms with Crippen molar-refractivity contribution in [2.24, 2.45) is 0 Å². The van der Waals surface area contributed by atoms with E-state index < -0.39 is 5.67 Å². The first-order valence-corrected chi connectivity index (χ1v) is 6.12. The molecule has 1 heterocycles. The van der Waals surface area contributed by atoms with Crippen molar-refractivity contribution >= 4 is 0 Å². The van der Waals surface area contributed by atoms with Gasteiger partial charge in [0.25, 0.3) is 0 Å². The molecule has 2 nitrogen and oxygen atoms in total. The quantitative estimate of drug-likeness (QED) is 0.854. The van der Waals surface area contributed by atoms with Crippen molar-refractivity contribution in [3.63, 3.8) is 0 Å². The van der Waals surface area contributed by atoms with Crippen LogP contribution in [0, 0.1) is 13.8 Å². The lowest BCUT2D eigenvalue weighted by molar-refractivity contribution is 0.114. The Morgan fingerprint density at radius 1 is 1.18 bits per heavy atom. The van der Waals surface area contributed by atoms with Gasteiger partial charge in [-0.2, -0.15) is 0 Å². The van der Waals surface area contributed by atoms with Crippen LogP contribution in [0.5, 0.6) is 5.75 Å². The summed E-state index contributed by atoms with van der Waals surface area (Å²) in [5.41, 5.74) is 1.64. The van der Waals surface area contributed by atoms with Gasteiger partial charge in [0.05, 0.1) is 7.11 Å². The Balaban J connectivity index is 2.41. The number of hydrogen-bond acceptors (Lipinski definition) is 2. The van der Waals surface area contributed by atoms with Gasteiger partial charge >= 0.3 is 0 Å². The average Bonchev–Trinajstić information content (AvgIpc) is 2.32. The first-order valence-electron chi connectivity index (χ1n) is 6.12. The number of rotatable bonds is 2. The van der Waals surface area contributed by atoms with Gasteiger partial charge in [-0.15, -0.1) is 0 Å². The number of alkyl halides is 1. The molecule has 3 heteroatoms. The largest absolute Gasteiger partial charge is 0.496 e. The van der Waals surface area contributed by atoms with E-state index in [1.807, 2.05) is 26.0 Å². The molecule has 0 bridgehead atoms. The first-order chi connectivity index (χ1) is 8.07. The van der Waals surface area contributed by atoms with Crippen molar-refractivity contribution in [2.45, 2.75) is 32.4 Å². The molecule has 1 aliphatic heterocycles. The first kappa shape index (κ1) is 12.4. The molecular weight excluding hydrogens is 217 g/mol. The maximum Gasteiger partial charge on any atom is 0.138 e. The summed E-state index contributed by atoms with van der Waals surface area (Å²) in [6.07, 6.45) is 1.11. The van der Waals surface area contributed by atoms with Gasteiger partial charge in [0.1, 0.15) is 11.4 Å². The monoisotopic (exact) mass is 237 g/mol. The predicted octanol–water partition coefficient (Wildman–Crippen LogP) is 2.86. The number of halogens is 1. The van der Waals surface area contributed by atoms with Crippen molar-refractivity contribution in [1.29, 1.82) is 0 Å². The number of nitrogens with one attached hydrogen (secondary N) is 1. The summed E-state index contributed by atoms with van der Waals surface area (Å²) in [6.45, 7) is 5.43. The summed E-state index contributed by atoms with van der Waals surface area (Å²) in [6, 6.07) is 3.88. The minimum atomic E-state index is -1.17. The molecule has 1 aliphatic rings. The van der Waals surface area contributed by atoms with E-state index in [2.05, 4.69) is 5.32 Å². The number of hydrogen-bond donors (Lipinski definition) is 1. The molecule has 0 aromatic heterocycles. The van der Waals surface area contributed by atoms with Gasteiger partial charge in [-0.25, -0.2) is 4.39 Å². The topological polar surface area (TPSA) is 21.3 Å². The second-order valence-corrected chi connectivity index (χ2v) is 4.85. The van der Waals surface area contributed by atoms with E-state index in [4.69, 9.17) is 4.74 Å². The van der Waals surface area contributed by atoms with Crippen LogP contribution in [0.25, 0.3) is 0 Å². The predicted molar refractivity (Wildman–Crippen MR) is 67.4 cm³/mol. The minimum Gasteiger partial charge on any atom is -0.496 e. The lowest BCUT2D eigenvalue weighted by atomic mass is 9.83. The number of benzene rings is 1. The van der Waals surface area contributed by atoms with Crippen LogP contribution in [0.4, 0.5) is 4.39 Å². The number of methoxy groups -OCH3 is 1. The maximum atomic E-state index is 14.9. The normalized spacial score (nSPS) is 19.1. The van der Waals surface area contributed by atoms with E-state index in [1.54, 1.807) is 7.11 Å². The van der Waals surface area contributed by atoms with Crippen molar-refractivity contribution in [1.82, 2.24) is 5.32 Å². The van der Waals surface area contributed by atoms with Gasteiger partial charge in [0.2, 0.25) is 0 Å². The van der Waals surface area contributed by atoms with E-state index in [0.717, 1.165) is 35.5 Å². The van der Waals surface area contributed by atoms with Crippen molar-refractivity contribution in [2.75, 3.05) is 20.2 Å². The Kier molecular flexibility index (Phi) is 3.38. The summed E-state index contributed by atoms with van der Waals surface area (Å²) >= 11 is 0. The molecular formula is C14H20FNO. The second-order valence-electron chi connectivity index (χ2n) is 4.85. The molecule has 17 heavy (non-hydrogen) atoms. The summed E-state index contributed by atoms with van der Waals surface area (Å²) < 4.78 is 20.2. The van der Waals surface area contributed by atoms with Crippen LogP contribution in [-0.4, -0.2) is 20.2 Å². The zero-order chi connectivity index (χ0) is 12.5. The van der Waals surface area contributed by atoms with Crippen LogP contribution in [0.15, 0.2) is 12.1 Å². The van der Waals surface area contributed by atoms with Crippen molar-refractivity contribution in [3.05, 3.63) is 28.8 Å². The number of aryl methyl sites for hydroxylation is 2. The fourth-order valence-corrected chi connectivity index (χ4v) is 2.58. The fourth-order valence-electron chi connectivity index (χ4n) is 2.58. The molecule has 0 spiro atoms. The van der Waals surface area contributed by atoms with Gasteiger partial charge in [-0.05, 0) is 68.6 Å². The highest BCUT2D eigenvalue weighted by Crippen LogP contribution is 2.39. The average molecular weight is 237 g/mol. The highest BCUT2D eigenvalue weighted by atomic mass is 19.1. The summed E-state index contributed by atoms with van der Waals surface area (Å²) in [5.74, 6) is 0.837. The van der Waals surface area contributed by atoms with Crippen LogP contribution >= 0.6 is 0 Å². The van der Waals surface area contributed by atoms with Gasteiger partial charge in [0, 0.05) is 0 Å². The summed E-state index contributed by atoms with van der Waals surface area (Å²) in [5, 5.41) is 3.20. The lowest BCUT2D eigenvalue weighted by Gasteiger charge is -2.32. The molecule has 0 atom stereocenters. The lowest BCUT2D eigenvalue weighted by Crippen LogP contribution is -2.37. The highest BCUT2D eigenvalue weighted by Gasteiger charge is 2.35. The van der Waals surface area contributed by atoms with Gasteiger partial charge in [-0.3, -0.25) is 0 Å². The molecule has 1 saturated heterocycles. The molecule has 0 aliphatic carbocycles. The molecule has 1 aromatic rings. The fraction of sp³-hybridized carbons (Fsp3) is 0.571. The Morgan fingerprint density at radius 2 is 1.82 bits per heavy atom. The van der Waals surface area contributed by atoms with Crippen LogP contribution in [0.1, 0.15) is 29.5 Å². The van der Waals surface area contributed by atoms with E-state index >= 15 is 0 Å². The zero-order valence-electron chi connectivity index (χ0n) is 10.8. The van der Waals surface area contributed by atoms with E-state index in [0.29, 0.717) is 12.8 Å². The smallest absolute Gasteiger partial charge is 0.138 e. The Morgan fingerprint density at radius 3 is 2.41 bits per heavy atom. The Hall–Kier alpha value is -1.09. The molecule has 94 valence electrons. The summed E-state index contributed by atoms with van der Waals surface area (Å²) in [4.78, 5) is 0. The molecule has 0 amide bonds. The summed E-state index contributed by atoms with van der Waals surface area (Å²) in [7, 11) is 1.65. The third-order valence-electron chi connectivity index (χ3n) is 3.62. The Labute approximate surface area is 102 Å². The third-order valence-corrected chi connectivity index (χ3v) is 3.62. The molecule has 0 radical (unpaired) electrons. The van der Waals surface area contributed by atoms with Crippen LogP contribution in [-0.2, 0) is 5.67 Å². The minimum absolute atomic E-state index is 0.555. The van der Waals surface area contributed by atoms with Crippen LogP contribution in [0.3, 0.4) is 0 Å². The SMILES string of the molecule is COc1cc(C)c(C2(F)CCNCC2)cc1C. The van der Waals surface area contributed by atoms with Crippen molar-refractivity contribution in [3.8, 4) is 5.75 Å². The molecule has 1 N–H and O–H groups in total. The van der Waals surface area contributed by atoms with Gasteiger partial charge in [0.15, 0.2) is 0 Å². The molecule has 1 aromatic carbocycles.